The summed E-state index contributed by atoms with van der Waals surface area (Å²) in [5, 5.41) is 3.86. The van der Waals surface area contributed by atoms with Gasteiger partial charge in [-0.25, -0.2) is 4.98 Å². The summed E-state index contributed by atoms with van der Waals surface area (Å²) >= 11 is 0. The lowest BCUT2D eigenvalue weighted by atomic mass is 10.1. The summed E-state index contributed by atoms with van der Waals surface area (Å²) < 4.78 is 16.7. The van der Waals surface area contributed by atoms with Gasteiger partial charge in [-0.2, -0.15) is 0 Å². The molecule has 1 N–H and O–H groups in total. The zero-order valence-corrected chi connectivity index (χ0v) is 19.7. The van der Waals surface area contributed by atoms with E-state index in [2.05, 4.69) is 5.32 Å². The van der Waals surface area contributed by atoms with E-state index in [0.717, 1.165) is 45.0 Å². The van der Waals surface area contributed by atoms with E-state index in [0.29, 0.717) is 17.0 Å². The summed E-state index contributed by atoms with van der Waals surface area (Å²) in [7, 11) is 3.26. The van der Waals surface area contributed by atoms with Crippen LogP contribution in [0.25, 0.3) is 33.5 Å². The smallest absolute Gasteiger partial charge is 0.291 e. The number of ether oxygens (including phenoxy) is 2. The predicted octanol–water partition coefficient (Wildman–Crippen LogP) is 6.74. The topological polar surface area (TPSA) is 73.6 Å². The molecule has 6 nitrogen and oxygen atoms in total. The first-order chi connectivity index (χ1) is 17.1. The van der Waals surface area contributed by atoms with Gasteiger partial charge in [-0.05, 0) is 55.5 Å². The van der Waals surface area contributed by atoms with Crippen molar-refractivity contribution in [3.63, 3.8) is 0 Å². The van der Waals surface area contributed by atoms with Gasteiger partial charge in [-0.1, -0.05) is 36.4 Å². The molecule has 0 bridgehead atoms. The fourth-order valence-corrected chi connectivity index (χ4v) is 4.06. The number of nitrogens with one attached hydrogen (secondary N) is 1. The summed E-state index contributed by atoms with van der Waals surface area (Å²) in [6.45, 7) is 1.89. The van der Waals surface area contributed by atoms with Crippen molar-refractivity contribution in [3.8, 4) is 34.0 Å². The molecule has 2 heterocycles. The largest absolute Gasteiger partial charge is 0.497 e. The number of hydrogen-bond acceptors (Lipinski definition) is 5. The first-order valence-corrected chi connectivity index (χ1v) is 11.2. The zero-order valence-electron chi connectivity index (χ0n) is 19.7. The van der Waals surface area contributed by atoms with Gasteiger partial charge in [0.05, 0.1) is 25.6 Å². The number of rotatable bonds is 6. The van der Waals surface area contributed by atoms with E-state index < -0.39 is 0 Å². The van der Waals surface area contributed by atoms with Crippen LogP contribution in [0.4, 0.5) is 5.69 Å². The van der Waals surface area contributed by atoms with Crippen LogP contribution in [0.2, 0.25) is 0 Å². The summed E-state index contributed by atoms with van der Waals surface area (Å²) in [6.07, 6.45) is 0. The highest BCUT2D eigenvalue weighted by atomic mass is 16.5. The van der Waals surface area contributed by atoms with Gasteiger partial charge < -0.3 is 19.2 Å². The SMILES string of the molecule is COc1ccc(OC)c(-c2cccc(-c3ccc(NC(=O)c4oc5ccccc5c4C)cc3)n2)c1. The second kappa shape index (κ2) is 9.35. The number of pyridine rings is 1. The fraction of sp³-hybridized carbons (Fsp3) is 0.103. The molecule has 5 rings (SSSR count). The van der Waals surface area contributed by atoms with Gasteiger partial charge in [0, 0.05) is 27.8 Å². The van der Waals surface area contributed by atoms with Crippen molar-refractivity contribution in [2.24, 2.45) is 0 Å². The highest BCUT2D eigenvalue weighted by Gasteiger charge is 2.17. The molecule has 5 aromatic rings. The average molecular weight is 465 g/mol. The summed E-state index contributed by atoms with van der Waals surface area (Å²) in [6, 6.07) is 26.6. The van der Waals surface area contributed by atoms with Gasteiger partial charge in [0.2, 0.25) is 0 Å². The molecule has 0 fully saturated rings. The monoisotopic (exact) mass is 464 g/mol. The van der Waals surface area contributed by atoms with E-state index in [1.165, 1.54) is 0 Å². The van der Waals surface area contributed by atoms with E-state index >= 15 is 0 Å². The third kappa shape index (κ3) is 4.34. The van der Waals surface area contributed by atoms with E-state index in [-0.39, 0.29) is 5.91 Å². The van der Waals surface area contributed by atoms with Gasteiger partial charge in [-0.15, -0.1) is 0 Å². The molecule has 35 heavy (non-hydrogen) atoms. The van der Waals surface area contributed by atoms with Gasteiger partial charge in [0.25, 0.3) is 5.91 Å². The Morgan fingerprint density at radius 3 is 2.37 bits per heavy atom. The third-order valence-electron chi connectivity index (χ3n) is 5.92. The lowest BCUT2D eigenvalue weighted by Gasteiger charge is -2.11. The maximum absolute atomic E-state index is 12.8. The normalized spacial score (nSPS) is 10.8. The van der Waals surface area contributed by atoms with Crippen molar-refractivity contribution in [1.29, 1.82) is 0 Å². The van der Waals surface area contributed by atoms with Gasteiger partial charge in [0.15, 0.2) is 5.76 Å². The molecular formula is C29H24N2O4. The number of furan rings is 1. The number of hydrogen-bond donors (Lipinski definition) is 1. The standard InChI is InChI=1S/C29H24N2O4/c1-18-22-7-4-5-10-27(22)35-28(18)29(32)30-20-13-11-19(12-14-20)24-8-6-9-25(31-24)23-17-21(33-2)15-16-26(23)34-3/h4-17H,1-3H3,(H,30,32). The lowest BCUT2D eigenvalue weighted by molar-refractivity contribution is 0.0998. The second-order valence-corrected chi connectivity index (χ2v) is 8.06. The first kappa shape index (κ1) is 22.2. The maximum atomic E-state index is 12.8. The Bertz CT molecular complexity index is 1520. The zero-order chi connectivity index (χ0) is 24.4. The van der Waals surface area contributed by atoms with Crippen LogP contribution in [-0.2, 0) is 0 Å². The quantitative estimate of drug-likeness (QED) is 0.301. The number of carbonyl (C=O) groups excluding carboxylic acids is 1. The average Bonchev–Trinajstić information content (AvgIpc) is 3.25. The van der Waals surface area contributed by atoms with Crippen LogP contribution in [0.1, 0.15) is 16.1 Å². The molecule has 0 atom stereocenters. The molecule has 0 spiro atoms. The van der Waals surface area contributed by atoms with Crippen molar-refractivity contribution in [1.82, 2.24) is 4.98 Å². The van der Waals surface area contributed by atoms with E-state index in [1.807, 2.05) is 91.9 Å². The van der Waals surface area contributed by atoms with Crippen molar-refractivity contribution in [3.05, 3.63) is 96.3 Å². The Labute approximate surface area is 203 Å². The van der Waals surface area contributed by atoms with Gasteiger partial charge in [-0.3, -0.25) is 4.79 Å². The number of methoxy groups -OCH3 is 2. The van der Waals surface area contributed by atoms with Crippen molar-refractivity contribution in [2.75, 3.05) is 19.5 Å². The molecule has 0 saturated heterocycles. The van der Waals surface area contributed by atoms with Crippen LogP contribution in [-0.4, -0.2) is 25.1 Å². The lowest BCUT2D eigenvalue weighted by Crippen LogP contribution is -2.12. The molecule has 2 aromatic heterocycles. The first-order valence-electron chi connectivity index (χ1n) is 11.2. The number of nitrogens with zero attached hydrogens (tertiary/aromatic N) is 1. The predicted molar refractivity (Wildman–Crippen MR) is 137 cm³/mol. The molecule has 6 heteroatoms. The highest BCUT2D eigenvalue weighted by Crippen LogP contribution is 2.33. The third-order valence-corrected chi connectivity index (χ3v) is 5.92. The minimum absolute atomic E-state index is 0.281. The molecule has 0 aliphatic heterocycles. The maximum Gasteiger partial charge on any atom is 0.291 e. The summed E-state index contributed by atoms with van der Waals surface area (Å²) in [4.78, 5) is 17.7. The van der Waals surface area contributed by atoms with Crippen LogP contribution >= 0.6 is 0 Å². The number of carbonyl (C=O) groups is 1. The molecule has 0 aliphatic carbocycles. The number of benzene rings is 3. The molecule has 1 amide bonds. The molecule has 174 valence electrons. The van der Waals surface area contributed by atoms with Crippen molar-refractivity contribution >= 4 is 22.6 Å². The molecule has 0 radical (unpaired) electrons. The summed E-state index contributed by atoms with van der Waals surface area (Å²) in [5.41, 5.74) is 5.54. The summed E-state index contributed by atoms with van der Waals surface area (Å²) in [5.74, 6) is 1.48. The Morgan fingerprint density at radius 2 is 1.63 bits per heavy atom. The van der Waals surface area contributed by atoms with Crippen molar-refractivity contribution < 1.29 is 18.7 Å². The van der Waals surface area contributed by atoms with E-state index in [1.54, 1.807) is 14.2 Å². The number of aromatic nitrogens is 1. The number of amides is 1. The Kier molecular flexibility index (Phi) is 5.94. The Hall–Kier alpha value is -4.58. The Balaban J connectivity index is 1.38. The van der Waals surface area contributed by atoms with Crippen LogP contribution in [0, 0.1) is 6.92 Å². The van der Waals surface area contributed by atoms with Gasteiger partial charge in [0.1, 0.15) is 17.1 Å². The Morgan fingerprint density at radius 1 is 0.857 bits per heavy atom. The minimum Gasteiger partial charge on any atom is -0.497 e. The number of anilines is 1. The van der Waals surface area contributed by atoms with Crippen LogP contribution in [0.3, 0.4) is 0 Å². The minimum atomic E-state index is -0.281. The second-order valence-electron chi connectivity index (χ2n) is 8.06. The molecule has 0 saturated carbocycles. The molecule has 0 unspecified atom stereocenters. The molecule has 3 aromatic carbocycles. The van der Waals surface area contributed by atoms with Crippen molar-refractivity contribution in [2.45, 2.75) is 6.92 Å². The molecular weight excluding hydrogens is 440 g/mol. The van der Waals surface area contributed by atoms with E-state index in [9.17, 15) is 4.79 Å². The number of aryl methyl sites for hydroxylation is 1. The van der Waals surface area contributed by atoms with Crippen LogP contribution < -0.4 is 14.8 Å². The highest BCUT2D eigenvalue weighted by molar-refractivity contribution is 6.06. The fourth-order valence-electron chi connectivity index (χ4n) is 4.06. The van der Waals surface area contributed by atoms with E-state index in [4.69, 9.17) is 18.9 Å². The number of fused-ring (bicyclic) bond motifs is 1. The van der Waals surface area contributed by atoms with Crippen LogP contribution in [0.5, 0.6) is 11.5 Å². The van der Waals surface area contributed by atoms with Gasteiger partial charge >= 0.3 is 0 Å². The molecule has 0 aliphatic rings. The number of para-hydroxylation sites is 1. The van der Waals surface area contributed by atoms with Crippen LogP contribution in [0.15, 0.2) is 89.3 Å².